The minimum atomic E-state index is 0.00447. The predicted octanol–water partition coefficient (Wildman–Crippen LogP) is 15.1. The fourth-order valence-electron chi connectivity index (χ4n) is 11.7. The second-order valence-electron chi connectivity index (χ2n) is 24.5. The Hall–Kier alpha value is -4.54. The van der Waals surface area contributed by atoms with Crippen LogP contribution in [0.15, 0.2) is 97.1 Å². The van der Waals surface area contributed by atoms with Crippen LogP contribution in [0.1, 0.15) is 161 Å². The van der Waals surface area contributed by atoms with Crippen molar-refractivity contribution < 1.29 is 0 Å². The summed E-state index contributed by atoms with van der Waals surface area (Å²) in [5.74, 6) is 0. The van der Waals surface area contributed by atoms with Gasteiger partial charge in [0.15, 0.2) is 0 Å². The normalized spacial score (nSPS) is 18.9. The number of fused-ring (bicyclic) bond motifs is 7. The first-order chi connectivity index (χ1) is 29.4. The molecule has 0 amide bonds. The minimum Gasteiger partial charge on any atom is -0.311 e. The molecular formula is C59H69BN2S. The maximum Gasteiger partial charge on any atom is 0.264 e. The van der Waals surface area contributed by atoms with E-state index in [4.69, 9.17) is 0 Å². The quantitative estimate of drug-likeness (QED) is 0.163. The fourth-order valence-corrected chi connectivity index (χ4v) is 13.4. The van der Waals surface area contributed by atoms with Gasteiger partial charge < -0.3 is 9.80 Å². The zero-order valence-electron chi connectivity index (χ0n) is 40.9. The lowest BCUT2D eigenvalue weighted by molar-refractivity contribution is 0.332. The maximum absolute atomic E-state index is 2.77. The molecule has 0 fully saturated rings. The van der Waals surface area contributed by atoms with E-state index in [0.717, 1.165) is 0 Å². The van der Waals surface area contributed by atoms with E-state index >= 15 is 0 Å². The van der Waals surface area contributed by atoms with Crippen molar-refractivity contribution in [3.05, 3.63) is 135 Å². The molecule has 0 unspecified atom stereocenters. The Kier molecular flexibility index (Phi) is 9.25. The van der Waals surface area contributed by atoms with E-state index in [1.54, 1.807) is 10.4 Å². The molecule has 4 aliphatic rings. The molecule has 0 saturated carbocycles. The standard InChI is InChI=1S/C59H69BN2S/c1-36-31-47-50-48(32-36)62(45-26-23-39(55(5,6)7)33-41(45)37-19-17-16-18-20-37)51-49-52(59(14,15)30-29-58(49,12)13)63-53(51)60(50)44-34-42-43(57(10,11)28-27-56(42,8)9)35-46(44)61(47)40-24-21-38(22-25-40)54(2,3)4/h16-26,31-35H,27-30H2,1-15H3. The molecule has 0 N–H and O–H groups in total. The Morgan fingerprint density at radius 3 is 1.71 bits per heavy atom. The number of anilines is 6. The van der Waals surface area contributed by atoms with Gasteiger partial charge in [-0.1, -0.05) is 152 Å². The van der Waals surface area contributed by atoms with E-state index in [0.29, 0.717) is 0 Å². The van der Waals surface area contributed by atoms with Crippen molar-refractivity contribution in [2.75, 3.05) is 9.80 Å². The summed E-state index contributed by atoms with van der Waals surface area (Å²) in [5, 5.41) is 0. The first-order valence-electron chi connectivity index (χ1n) is 23.8. The highest BCUT2D eigenvalue weighted by atomic mass is 32.1. The highest BCUT2D eigenvalue weighted by molar-refractivity contribution is 7.29. The third kappa shape index (κ3) is 6.54. The van der Waals surface area contributed by atoms with Crippen molar-refractivity contribution in [3.8, 4) is 11.1 Å². The zero-order chi connectivity index (χ0) is 45.0. The minimum absolute atomic E-state index is 0.00447. The molecule has 10 rings (SSSR count). The molecule has 6 aromatic rings. The van der Waals surface area contributed by atoms with Crippen LogP contribution < -0.4 is 25.5 Å². The second-order valence-corrected chi connectivity index (χ2v) is 25.5. The summed E-state index contributed by atoms with van der Waals surface area (Å²) in [7, 11) is 0. The molecule has 1 aromatic heterocycles. The van der Waals surface area contributed by atoms with Gasteiger partial charge in [0.2, 0.25) is 0 Å². The summed E-state index contributed by atoms with van der Waals surface area (Å²) in [6.45, 7) is 36.5. The van der Waals surface area contributed by atoms with Crippen molar-refractivity contribution in [3.63, 3.8) is 0 Å². The van der Waals surface area contributed by atoms with Gasteiger partial charge in [0, 0.05) is 38.0 Å². The maximum atomic E-state index is 2.77. The highest BCUT2D eigenvalue weighted by Gasteiger charge is 2.52. The third-order valence-electron chi connectivity index (χ3n) is 15.8. The summed E-state index contributed by atoms with van der Waals surface area (Å²) in [4.78, 5) is 7.00. The van der Waals surface area contributed by atoms with E-state index in [1.807, 2.05) is 0 Å². The number of thiophene rings is 1. The molecule has 2 aliphatic heterocycles. The summed E-state index contributed by atoms with van der Waals surface area (Å²) >= 11 is 2.14. The van der Waals surface area contributed by atoms with E-state index in [2.05, 4.69) is 222 Å². The van der Waals surface area contributed by atoms with Gasteiger partial charge in [0.25, 0.3) is 6.71 Å². The van der Waals surface area contributed by atoms with Crippen LogP contribution in [0, 0.1) is 6.92 Å². The Morgan fingerprint density at radius 2 is 1.10 bits per heavy atom. The lowest BCUT2D eigenvalue weighted by Gasteiger charge is -2.48. The Balaban J connectivity index is 1.36. The Bertz CT molecular complexity index is 2820. The van der Waals surface area contributed by atoms with Gasteiger partial charge in [-0.15, -0.1) is 0 Å². The van der Waals surface area contributed by atoms with Crippen LogP contribution >= 0.6 is 11.3 Å². The molecule has 0 radical (unpaired) electrons. The first-order valence-corrected chi connectivity index (χ1v) is 24.6. The lowest BCUT2D eigenvalue weighted by atomic mass is 9.35. The van der Waals surface area contributed by atoms with Gasteiger partial charge >= 0.3 is 0 Å². The Labute approximate surface area is 384 Å². The van der Waals surface area contributed by atoms with E-state index in [-0.39, 0.29) is 39.2 Å². The molecule has 2 nitrogen and oxygen atoms in total. The largest absolute Gasteiger partial charge is 0.311 e. The molecule has 4 heteroatoms. The number of aryl methyl sites for hydroxylation is 1. The molecule has 0 spiro atoms. The van der Waals surface area contributed by atoms with Gasteiger partial charge in [-0.05, 0) is 157 Å². The molecule has 2 aliphatic carbocycles. The highest BCUT2D eigenvalue weighted by Crippen LogP contribution is 2.58. The molecule has 324 valence electrons. The first kappa shape index (κ1) is 42.4. The summed E-state index contributed by atoms with van der Waals surface area (Å²) in [5.41, 5.74) is 22.3. The van der Waals surface area contributed by atoms with Gasteiger partial charge in [0.1, 0.15) is 0 Å². The molecule has 0 bridgehead atoms. The van der Waals surface area contributed by atoms with E-state index < -0.39 is 0 Å². The fraction of sp³-hybridized carbons (Fsp3) is 0.424. The second kappa shape index (κ2) is 13.7. The van der Waals surface area contributed by atoms with E-state index in [1.165, 1.54) is 114 Å². The van der Waals surface area contributed by atoms with Gasteiger partial charge in [-0.25, -0.2) is 0 Å². The Morgan fingerprint density at radius 1 is 0.540 bits per heavy atom. The number of hydrogen-bond acceptors (Lipinski definition) is 3. The van der Waals surface area contributed by atoms with Crippen molar-refractivity contribution in [1.29, 1.82) is 0 Å². The summed E-state index contributed by atoms with van der Waals surface area (Å²) in [6, 6.07) is 38.5. The molecule has 5 aromatic carbocycles. The van der Waals surface area contributed by atoms with Crippen LogP contribution in [-0.4, -0.2) is 6.71 Å². The van der Waals surface area contributed by atoms with Gasteiger partial charge in [0.05, 0.1) is 11.4 Å². The van der Waals surface area contributed by atoms with Crippen molar-refractivity contribution in [2.24, 2.45) is 0 Å². The topological polar surface area (TPSA) is 6.48 Å². The third-order valence-corrected chi connectivity index (χ3v) is 17.5. The van der Waals surface area contributed by atoms with Crippen molar-refractivity contribution in [2.45, 2.75) is 162 Å². The molecular weight excluding hydrogens is 780 g/mol. The van der Waals surface area contributed by atoms with Crippen LogP contribution in [0.25, 0.3) is 11.1 Å². The molecule has 63 heavy (non-hydrogen) atoms. The number of nitrogens with zero attached hydrogens (tertiary/aromatic N) is 2. The predicted molar refractivity (Wildman–Crippen MR) is 276 cm³/mol. The monoisotopic (exact) mass is 849 g/mol. The molecule has 3 heterocycles. The smallest absolute Gasteiger partial charge is 0.264 e. The average molecular weight is 849 g/mol. The molecule has 0 saturated heterocycles. The SMILES string of the molecule is Cc1cc2c3c(c1)N(c1ccc(C(C)(C)C)cc1-c1ccccc1)c1c(sc4c1C(C)(C)CCC4(C)C)B3c1cc3c(cc1N2c1ccc(C(C)(C)C)cc1)C(C)(C)CCC3(C)C. The van der Waals surface area contributed by atoms with Crippen LogP contribution in [-0.2, 0) is 32.5 Å². The number of hydrogen-bond donors (Lipinski definition) is 0. The van der Waals surface area contributed by atoms with Gasteiger partial charge in [-0.3, -0.25) is 0 Å². The average Bonchev–Trinajstić information content (AvgIpc) is 3.64. The number of rotatable bonds is 3. The van der Waals surface area contributed by atoms with Crippen LogP contribution in [0.5, 0.6) is 0 Å². The summed E-state index contributed by atoms with van der Waals surface area (Å²) < 4.78 is 1.51. The lowest BCUT2D eigenvalue weighted by Crippen LogP contribution is -2.61. The van der Waals surface area contributed by atoms with Gasteiger partial charge in [-0.2, -0.15) is 11.3 Å². The number of benzene rings is 5. The van der Waals surface area contributed by atoms with Crippen LogP contribution in [0.2, 0.25) is 0 Å². The van der Waals surface area contributed by atoms with Crippen molar-refractivity contribution >= 4 is 67.9 Å². The van der Waals surface area contributed by atoms with Crippen LogP contribution in [0.3, 0.4) is 0 Å². The van der Waals surface area contributed by atoms with Crippen molar-refractivity contribution in [1.82, 2.24) is 0 Å². The molecule has 0 atom stereocenters. The zero-order valence-corrected chi connectivity index (χ0v) is 41.8. The summed E-state index contributed by atoms with van der Waals surface area (Å²) in [6.07, 6.45) is 4.74. The van der Waals surface area contributed by atoms with Crippen LogP contribution in [0.4, 0.5) is 34.1 Å². The van der Waals surface area contributed by atoms with E-state index in [9.17, 15) is 0 Å².